The van der Waals surface area contributed by atoms with Crippen LogP contribution in [-0.4, -0.2) is 37.3 Å². The molecule has 3 heterocycles. The van der Waals surface area contributed by atoms with Crippen LogP contribution in [0, 0.1) is 12.7 Å². The molecule has 142 valence electrons. The molecule has 2 aromatic heterocycles. The van der Waals surface area contributed by atoms with Crippen LogP contribution in [0.15, 0.2) is 41.5 Å². The molecule has 7 nitrogen and oxygen atoms in total. The Kier molecular flexibility index (Phi) is 4.68. The van der Waals surface area contributed by atoms with Crippen molar-refractivity contribution in [1.82, 2.24) is 24.8 Å². The van der Waals surface area contributed by atoms with Crippen LogP contribution < -0.4 is 5.56 Å². The zero-order chi connectivity index (χ0) is 19.7. The maximum Gasteiger partial charge on any atom is 0.254 e. The van der Waals surface area contributed by atoms with Gasteiger partial charge in [-0.2, -0.15) is 0 Å². The number of H-pyrrole nitrogens is 1. The van der Waals surface area contributed by atoms with Gasteiger partial charge in [0.2, 0.25) is 5.91 Å². The van der Waals surface area contributed by atoms with E-state index in [0.29, 0.717) is 35.7 Å². The molecule has 0 aliphatic carbocycles. The van der Waals surface area contributed by atoms with E-state index < -0.39 is 0 Å². The molecule has 0 fully saturated rings. The highest BCUT2D eigenvalue weighted by atomic mass is 19.1. The van der Waals surface area contributed by atoms with E-state index in [0.717, 1.165) is 11.3 Å². The molecule has 1 aliphatic rings. The van der Waals surface area contributed by atoms with Gasteiger partial charge in [0.1, 0.15) is 11.5 Å². The summed E-state index contributed by atoms with van der Waals surface area (Å²) in [4.78, 5) is 42.4. The number of aryl methyl sites for hydroxylation is 1. The van der Waals surface area contributed by atoms with Crippen LogP contribution in [-0.2, 0) is 24.2 Å². The minimum absolute atomic E-state index is 0.0870. The molecule has 3 aromatic rings. The zero-order valence-electron chi connectivity index (χ0n) is 15.3. The number of amides is 1. The standard InChI is InChI=1S/C20H18FN5O2/c1-12-9-23-16(10-22-12)19-24-17-11-26(7-6-15(17)20(28)25-19)18(27)8-13-2-4-14(21)5-3-13/h2-5,9-10H,6-8,11H2,1H3,(H,24,25,28). The predicted octanol–water partition coefficient (Wildman–Crippen LogP) is 1.80. The van der Waals surface area contributed by atoms with E-state index in [1.165, 1.54) is 12.1 Å². The van der Waals surface area contributed by atoms with Gasteiger partial charge in [-0.1, -0.05) is 12.1 Å². The Morgan fingerprint density at radius 2 is 2.00 bits per heavy atom. The molecule has 0 bridgehead atoms. The second-order valence-corrected chi connectivity index (χ2v) is 6.75. The summed E-state index contributed by atoms with van der Waals surface area (Å²) >= 11 is 0. The third kappa shape index (κ3) is 3.66. The molecule has 1 amide bonds. The summed E-state index contributed by atoms with van der Waals surface area (Å²) in [6.45, 7) is 2.53. The number of aromatic nitrogens is 4. The molecule has 0 spiro atoms. The lowest BCUT2D eigenvalue weighted by molar-refractivity contribution is -0.131. The summed E-state index contributed by atoms with van der Waals surface area (Å²) < 4.78 is 13.0. The van der Waals surface area contributed by atoms with Gasteiger partial charge < -0.3 is 9.88 Å². The Morgan fingerprint density at radius 3 is 2.71 bits per heavy atom. The van der Waals surface area contributed by atoms with E-state index in [-0.39, 0.29) is 30.2 Å². The molecule has 28 heavy (non-hydrogen) atoms. The zero-order valence-corrected chi connectivity index (χ0v) is 15.3. The largest absolute Gasteiger partial charge is 0.336 e. The van der Waals surface area contributed by atoms with Gasteiger partial charge in [-0.15, -0.1) is 0 Å². The molecule has 1 N–H and O–H groups in total. The molecule has 0 saturated heterocycles. The lowest BCUT2D eigenvalue weighted by Gasteiger charge is -2.28. The fraction of sp³-hybridized carbons (Fsp3) is 0.250. The minimum atomic E-state index is -0.335. The molecule has 0 unspecified atom stereocenters. The Morgan fingerprint density at radius 1 is 1.21 bits per heavy atom. The fourth-order valence-corrected chi connectivity index (χ4v) is 3.18. The van der Waals surface area contributed by atoms with E-state index in [1.807, 2.05) is 6.92 Å². The number of carbonyl (C=O) groups is 1. The molecule has 4 rings (SSSR count). The van der Waals surface area contributed by atoms with E-state index in [2.05, 4.69) is 19.9 Å². The topological polar surface area (TPSA) is 91.8 Å². The van der Waals surface area contributed by atoms with E-state index in [9.17, 15) is 14.0 Å². The number of hydrogen-bond acceptors (Lipinski definition) is 5. The van der Waals surface area contributed by atoms with Gasteiger partial charge in [-0.05, 0) is 31.0 Å². The number of rotatable bonds is 3. The highest BCUT2D eigenvalue weighted by Gasteiger charge is 2.25. The van der Waals surface area contributed by atoms with Crippen LogP contribution in [0.2, 0.25) is 0 Å². The van der Waals surface area contributed by atoms with Crippen molar-refractivity contribution in [2.24, 2.45) is 0 Å². The summed E-state index contributed by atoms with van der Waals surface area (Å²) in [5, 5.41) is 0. The van der Waals surface area contributed by atoms with Crippen molar-refractivity contribution < 1.29 is 9.18 Å². The SMILES string of the molecule is Cc1cnc(-c2nc3c(c(=O)[nH]2)CCN(C(=O)Cc2ccc(F)cc2)C3)cn1. The molecule has 0 atom stereocenters. The molecule has 1 aliphatic heterocycles. The van der Waals surface area contributed by atoms with E-state index in [4.69, 9.17) is 0 Å². The van der Waals surface area contributed by atoms with Crippen molar-refractivity contribution in [2.45, 2.75) is 26.3 Å². The van der Waals surface area contributed by atoms with Crippen LogP contribution in [0.25, 0.3) is 11.5 Å². The average molecular weight is 379 g/mol. The van der Waals surface area contributed by atoms with Crippen LogP contribution in [0.1, 0.15) is 22.5 Å². The Bertz CT molecular complexity index is 1080. The van der Waals surface area contributed by atoms with Crippen molar-refractivity contribution in [1.29, 1.82) is 0 Å². The quantitative estimate of drug-likeness (QED) is 0.749. The number of fused-ring (bicyclic) bond motifs is 1. The van der Waals surface area contributed by atoms with Crippen molar-refractivity contribution in [3.63, 3.8) is 0 Å². The third-order valence-electron chi connectivity index (χ3n) is 4.72. The smallest absolute Gasteiger partial charge is 0.254 e. The van der Waals surface area contributed by atoms with Gasteiger partial charge >= 0.3 is 0 Å². The lowest BCUT2D eigenvalue weighted by atomic mass is 10.0. The fourth-order valence-electron chi connectivity index (χ4n) is 3.18. The molecule has 8 heteroatoms. The van der Waals surface area contributed by atoms with Crippen molar-refractivity contribution in [2.75, 3.05) is 6.54 Å². The summed E-state index contributed by atoms with van der Waals surface area (Å²) in [7, 11) is 0. The van der Waals surface area contributed by atoms with Gasteiger partial charge in [0, 0.05) is 18.3 Å². The normalized spacial score (nSPS) is 13.3. The van der Waals surface area contributed by atoms with Crippen molar-refractivity contribution >= 4 is 5.91 Å². The Hall–Kier alpha value is -3.42. The number of carbonyl (C=O) groups excluding carboxylic acids is 1. The van der Waals surface area contributed by atoms with Crippen molar-refractivity contribution in [3.8, 4) is 11.5 Å². The highest BCUT2D eigenvalue weighted by Crippen LogP contribution is 2.18. The molecule has 1 aromatic carbocycles. The van der Waals surface area contributed by atoms with Gasteiger partial charge in [-0.3, -0.25) is 14.6 Å². The molecular formula is C20H18FN5O2. The minimum Gasteiger partial charge on any atom is -0.336 e. The number of halogens is 1. The van der Waals surface area contributed by atoms with Crippen LogP contribution >= 0.6 is 0 Å². The van der Waals surface area contributed by atoms with Gasteiger partial charge in [-0.25, -0.2) is 14.4 Å². The van der Waals surface area contributed by atoms with Crippen LogP contribution in [0.4, 0.5) is 4.39 Å². The maximum atomic E-state index is 13.0. The monoisotopic (exact) mass is 379 g/mol. The number of nitrogens with zero attached hydrogens (tertiary/aromatic N) is 4. The molecular weight excluding hydrogens is 361 g/mol. The highest BCUT2D eigenvalue weighted by molar-refractivity contribution is 5.79. The third-order valence-corrected chi connectivity index (χ3v) is 4.72. The Balaban J connectivity index is 1.56. The Labute approximate surface area is 160 Å². The summed E-state index contributed by atoms with van der Waals surface area (Å²) in [5.41, 5.74) is 2.93. The van der Waals surface area contributed by atoms with Gasteiger partial charge in [0.05, 0.1) is 30.6 Å². The van der Waals surface area contributed by atoms with Gasteiger partial charge in [0.15, 0.2) is 5.82 Å². The first-order chi connectivity index (χ1) is 13.5. The first-order valence-electron chi connectivity index (χ1n) is 8.93. The first kappa shape index (κ1) is 18.0. The van der Waals surface area contributed by atoms with E-state index in [1.54, 1.807) is 29.4 Å². The predicted molar refractivity (Wildman–Crippen MR) is 99.8 cm³/mol. The number of aromatic amines is 1. The summed E-state index contributed by atoms with van der Waals surface area (Å²) in [5.74, 6) is -0.0849. The molecule has 0 radical (unpaired) electrons. The maximum absolute atomic E-state index is 13.0. The lowest BCUT2D eigenvalue weighted by Crippen LogP contribution is -2.40. The number of hydrogen-bond donors (Lipinski definition) is 1. The second-order valence-electron chi connectivity index (χ2n) is 6.75. The summed E-state index contributed by atoms with van der Waals surface area (Å²) in [6, 6.07) is 5.87. The van der Waals surface area contributed by atoms with Gasteiger partial charge in [0.25, 0.3) is 5.56 Å². The van der Waals surface area contributed by atoms with Crippen LogP contribution in [0.5, 0.6) is 0 Å². The van der Waals surface area contributed by atoms with Crippen molar-refractivity contribution in [3.05, 3.63) is 75.3 Å². The first-order valence-corrected chi connectivity index (χ1v) is 8.93. The van der Waals surface area contributed by atoms with E-state index >= 15 is 0 Å². The molecule has 0 saturated carbocycles. The summed E-state index contributed by atoms with van der Waals surface area (Å²) in [6.07, 6.45) is 3.77. The van der Waals surface area contributed by atoms with Crippen LogP contribution in [0.3, 0.4) is 0 Å². The number of benzene rings is 1. The second kappa shape index (κ2) is 7.30. The average Bonchev–Trinajstić information content (AvgIpc) is 2.69. The number of nitrogens with one attached hydrogen (secondary N) is 1.